The Kier molecular flexibility index (Phi) is 7.87. The first kappa shape index (κ1) is 23.7. The van der Waals surface area contributed by atoms with Crippen molar-refractivity contribution in [2.75, 3.05) is 25.3 Å². The van der Waals surface area contributed by atoms with Gasteiger partial charge in [0, 0.05) is 18.1 Å². The van der Waals surface area contributed by atoms with Crippen molar-refractivity contribution in [3.05, 3.63) is 52.3 Å². The van der Waals surface area contributed by atoms with E-state index in [-0.39, 0.29) is 18.3 Å². The van der Waals surface area contributed by atoms with Gasteiger partial charge in [0.15, 0.2) is 11.0 Å². The smallest absolute Gasteiger partial charge is 0.234 e. The van der Waals surface area contributed by atoms with Crippen LogP contribution in [0.25, 0.3) is 0 Å². The highest BCUT2D eigenvalue weighted by Gasteiger charge is 2.14. The third-order valence-corrected chi connectivity index (χ3v) is 6.33. The van der Waals surface area contributed by atoms with Gasteiger partial charge in [0.25, 0.3) is 0 Å². The number of rotatable bonds is 9. The molecule has 170 valence electrons. The molecule has 1 N–H and O–H groups in total. The standard InChI is InChI=1S/C22H25ClN4O4S/c1-13-8-16(9-14(2)21(13)23)31-11-19-25-26-22(27(19)3)32-12-20(28)24-17-10-15(29-4)6-7-18(17)30-5/h6-10H,11-12H2,1-5H3,(H,24,28). The van der Waals surface area contributed by atoms with Crippen LogP contribution in [-0.4, -0.2) is 40.6 Å². The van der Waals surface area contributed by atoms with Gasteiger partial charge in [0.2, 0.25) is 5.91 Å². The Morgan fingerprint density at radius 1 is 1.09 bits per heavy atom. The minimum absolute atomic E-state index is 0.156. The van der Waals surface area contributed by atoms with E-state index in [0.29, 0.717) is 33.9 Å². The molecule has 0 aliphatic carbocycles. The molecule has 0 atom stereocenters. The summed E-state index contributed by atoms with van der Waals surface area (Å²) in [6, 6.07) is 8.98. The van der Waals surface area contributed by atoms with Gasteiger partial charge in [0.05, 0.1) is 25.7 Å². The quantitative estimate of drug-likeness (QED) is 0.457. The predicted octanol–water partition coefficient (Wildman–Crippen LogP) is 4.41. The van der Waals surface area contributed by atoms with E-state index >= 15 is 0 Å². The zero-order valence-electron chi connectivity index (χ0n) is 18.6. The second-order valence-corrected chi connectivity index (χ2v) is 8.34. The SMILES string of the molecule is COc1ccc(OC)c(NC(=O)CSc2nnc(COc3cc(C)c(Cl)c(C)c3)n2C)c1. The zero-order chi connectivity index (χ0) is 23.3. The van der Waals surface area contributed by atoms with Crippen LogP contribution >= 0.6 is 23.4 Å². The van der Waals surface area contributed by atoms with Crippen molar-refractivity contribution in [2.24, 2.45) is 7.05 Å². The van der Waals surface area contributed by atoms with E-state index in [4.69, 9.17) is 25.8 Å². The Morgan fingerprint density at radius 3 is 2.47 bits per heavy atom. The first-order valence-electron chi connectivity index (χ1n) is 9.74. The van der Waals surface area contributed by atoms with Crippen LogP contribution in [0, 0.1) is 13.8 Å². The van der Waals surface area contributed by atoms with Gasteiger partial charge in [0.1, 0.15) is 23.9 Å². The lowest BCUT2D eigenvalue weighted by Crippen LogP contribution is -2.15. The Hall–Kier alpha value is -2.91. The minimum atomic E-state index is -0.200. The monoisotopic (exact) mass is 476 g/mol. The van der Waals surface area contributed by atoms with Crippen molar-refractivity contribution in [3.8, 4) is 17.2 Å². The number of aromatic nitrogens is 3. The molecule has 0 aliphatic rings. The number of ether oxygens (including phenoxy) is 3. The Morgan fingerprint density at radius 2 is 1.81 bits per heavy atom. The molecule has 0 aliphatic heterocycles. The van der Waals surface area contributed by atoms with Gasteiger partial charge < -0.3 is 24.1 Å². The van der Waals surface area contributed by atoms with Crippen LogP contribution < -0.4 is 19.5 Å². The number of benzene rings is 2. The molecule has 1 aromatic heterocycles. The number of nitrogens with zero attached hydrogens (tertiary/aromatic N) is 3. The second-order valence-electron chi connectivity index (χ2n) is 7.02. The first-order chi connectivity index (χ1) is 15.3. The largest absolute Gasteiger partial charge is 0.497 e. The van der Waals surface area contributed by atoms with Gasteiger partial charge in [-0.2, -0.15) is 0 Å². The molecule has 0 fully saturated rings. The Labute approximate surface area is 196 Å². The van der Waals surface area contributed by atoms with E-state index in [1.54, 1.807) is 37.0 Å². The summed E-state index contributed by atoms with van der Waals surface area (Å²) in [5.74, 6) is 2.49. The number of hydrogen-bond acceptors (Lipinski definition) is 7. The summed E-state index contributed by atoms with van der Waals surface area (Å²) in [6.07, 6.45) is 0. The lowest BCUT2D eigenvalue weighted by atomic mass is 10.1. The number of anilines is 1. The predicted molar refractivity (Wildman–Crippen MR) is 125 cm³/mol. The van der Waals surface area contributed by atoms with Gasteiger partial charge in [-0.05, 0) is 49.2 Å². The number of hydrogen-bond donors (Lipinski definition) is 1. The van der Waals surface area contributed by atoms with Gasteiger partial charge in [-0.1, -0.05) is 23.4 Å². The van der Waals surface area contributed by atoms with Crippen molar-refractivity contribution in [3.63, 3.8) is 0 Å². The van der Waals surface area contributed by atoms with Crippen LogP contribution in [0.15, 0.2) is 35.5 Å². The van der Waals surface area contributed by atoms with Crippen LogP contribution in [0.3, 0.4) is 0 Å². The molecular formula is C22H25ClN4O4S. The van der Waals surface area contributed by atoms with Gasteiger partial charge in [-0.25, -0.2) is 0 Å². The highest BCUT2D eigenvalue weighted by Crippen LogP contribution is 2.29. The van der Waals surface area contributed by atoms with E-state index < -0.39 is 0 Å². The molecule has 0 saturated heterocycles. The van der Waals surface area contributed by atoms with E-state index in [1.165, 1.54) is 11.8 Å². The fraction of sp³-hybridized carbons (Fsp3) is 0.318. The maximum atomic E-state index is 12.5. The summed E-state index contributed by atoms with van der Waals surface area (Å²) in [4.78, 5) is 12.5. The van der Waals surface area contributed by atoms with E-state index in [0.717, 1.165) is 16.1 Å². The molecule has 8 nitrogen and oxygen atoms in total. The number of methoxy groups -OCH3 is 2. The summed E-state index contributed by atoms with van der Waals surface area (Å²) in [5.41, 5.74) is 2.45. The van der Waals surface area contributed by atoms with Gasteiger partial charge in [-0.3, -0.25) is 4.79 Å². The topological polar surface area (TPSA) is 87.5 Å². The number of nitrogens with one attached hydrogen (secondary N) is 1. The van der Waals surface area contributed by atoms with Crippen LogP contribution in [0.5, 0.6) is 17.2 Å². The maximum absolute atomic E-state index is 12.5. The summed E-state index contributed by atoms with van der Waals surface area (Å²) in [7, 11) is 4.94. The fourth-order valence-corrected chi connectivity index (χ4v) is 3.80. The molecule has 32 heavy (non-hydrogen) atoms. The second kappa shape index (κ2) is 10.6. The highest BCUT2D eigenvalue weighted by atomic mass is 35.5. The molecule has 1 amide bonds. The van der Waals surface area contributed by atoms with Crippen molar-refractivity contribution in [1.82, 2.24) is 14.8 Å². The molecular weight excluding hydrogens is 452 g/mol. The normalized spacial score (nSPS) is 10.7. The number of aryl methyl sites for hydroxylation is 2. The number of carbonyl (C=O) groups excluding carboxylic acids is 1. The minimum Gasteiger partial charge on any atom is -0.497 e. The van der Waals surface area contributed by atoms with Gasteiger partial charge in [-0.15, -0.1) is 10.2 Å². The lowest BCUT2D eigenvalue weighted by molar-refractivity contribution is -0.113. The van der Waals surface area contributed by atoms with Crippen LogP contribution in [-0.2, 0) is 18.4 Å². The maximum Gasteiger partial charge on any atom is 0.234 e. The molecule has 0 bridgehead atoms. The Balaban J connectivity index is 1.58. The van der Waals surface area contributed by atoms with Crippen molar-refractivity contribution in [1.29, 1.82) is 0 Å². The number of thioether (sulfide) groups is 1. The average Bonchev–Trinajstić information content (AvgIpc) is 3.13. The zero-order valence-corrected chi connectivity index (χ0v) is 20.1. The molecule has 2 aromatic carbocycles. The summed E-state index contributed by atoms with van der Waals surface area (Å²) in [5, 5.41) is 12.5. The van der Waals surface area contributed by atoms with E-state index in [2.05, 4.69) is 15.5 Å². The lowest BCUT2D eigenvalue weighted by Gasteiger charge is -2.11. The fourth-order valence-electron chi connectivity index (χ4n) is 2.96. The van der Waals surface area contributed by atoms with Crippen LogP contribution in [0.4, 0.5) is 5.69 Å². The molecule has 3 aromatic rings. The number of halogens is 1. The third-order valence-electron chi connectivity index (χ3n) is 4.72. The molecule has 10 heteroatoms. The van der Waals surface area contributed by atoms with Crippen LogP contribution in [0.1, 0.15) is 17.0 Å². The summed E-state index contributed by atoms with van der Waals surface area (Å²) < 4.78 is 18.2. The van der Waals surface area contributed by atoms with E-state index in [1.807, 2.05) is 33.0 Å². The van der Waals surface area contributed by atoms with Crippen molar-refractivity contribution in [2.45, 2.75) is 25.6 Å². The van der Waals surface area contributed by atoms with Crippen molar-refractivity contribution < 1.29 is 19.0 Å². The summed E-state index contributed by atoms with van der Waals surface area (Å²) >= 11 is 7.49. The molecule has 0 saturated carbocycles. The number of amides is 1. The van der Waals surface area contributed by atoms with Crippen LogP contribution in [0.2, 0.25) is 5.02 Å². The molecule has 0 spiro atoms. The average molecular weight is 477 g/mol. The molecule has 0 unspecified atom stereocenters. The third kappa shape index (κ3) is 5.66. The van der Waals surface area contributed by atoms with Crippen molar-refractivity contribution >= 4 is 35.0 Å². The first-order valence-corrected chi connectivity index (χ1v) is 11.1. The summed E-state index contributed by atoms with van der Waals surface area (Å²) in [6.45, 7) is 4.12. The molecule has 1 heterocycles. The molecule has 0 radical (unpaired) electrons. The Bertz CT molecular complexity index is 1100. The van der Waals surface area contributed by atoms with E-state index in [9.17, 15) is 4.79 Å². The number of carbonyl (C=O) groups is 1. The molecule has 3 rings (SSSR count). The highest BCUT2D eigenvalue weighted by molar-refractivity contribution is 7.99. The van der Waals surface area contributed by atoms with Gasteiger partial charge >= 0.3 is 0 Å².